The molecule has 1 aromatic carbocycles. The third-order valence-electron chi connectivity index (χ3n) is 4.10. The van der Waals surface area contributed by atoms with E-state index >= 15 is 0 Å². The van der Waals surface area contributed by atoms with Gasteiger partial charge >= 0.3 is 0 Å². The van der Waals surface area contributed by atoms with E-state index in [9.17, 15) is 9.18 Å². The summed E-state index contributed by atoms with van der Waals surface area (Å²) >= 11 is 0. The zero-order valence-electron chi connectivity index (χ0n) is 10.5. The summed E-state index contributed by atoms with van der Waals surface area (Å²) in [5.74, 6) is 0.791. The smallest absolute Gasteiger partial charge is 0.170 e. The highest BCUT2D eigenvalue weighted by molar-refractivity contribution is 6.00. The Morgan fingerprint density at radius 2 is 2.28 bits per heavy atom. The lowest BCUT2D eigenvalue weighted by molar-refractivity contribution is -0.000923. The molecule has 1 aromatic rings. The zero-order chi connectivity index (χ0) is 12.8. The van der Waals surface area contributed by atoms with E-state index in [-0.39, 0.29) is 17.2 Å². The van der Waals surface area contributed by atoms with Crippen LogP contribution < -0.4 is 4.74 Å². The summed E-state index contributed by atoms with van der Waals surface area (Å²) < 4.78 is 19.2. The number of ketones is 1. The number of carbonyl (C=O) groups excluding carboxylic acids is 1. The highest BCUT2D eigenvalue weighted by Crippen LogP contribution is 2.43. The van der Waals surface area contributed by atoms with Crippen molar-refractivity contribution in [3.8, 4) is 5.75 Å². The molecule has 0 radical (unpaired) electrons. The monoisotopic (exact) mass is 248 g/mol. The van der Waals surface area contributed by atoms with E-state index in [1.165, 1.54) is 18.6 Å². The molecule has 3 heteroatoms. The number of hydrogen-bond acceptors (Lipinski definition) is 2. The van der Waals surface area contributed by atoms with Gasteiger partial charge in [0.1, 0.15) is 17.2 Å². The molecule has 18 heavy (non-hydrogen) atoms. The SMILES string of the molecule is C[C@@H]1CCC[C@@]2(CC(=O)c3cc(F)ccc3O2)C1. The molecule has 0 bridgehead atoms. The number of carbonyl (C=O) groups is 1. The van der Waals surface area contributed by atoms with Crippen molar-refractivity contribution in [1.29, 1.82) is 0 Å². The van der Waals surface area contributed by atoms with Crippen molar-refractivity contribution in [2.75, 3.05) is 0 Å². The van der Waals surface area contributed by atoms with Crippen LogP contribution in [-0.2, 0) is 0 Å². The number of hydrogen-bond donors (Lipinski definition) is 0. The number of ether oxygens (including phenoxy) is 1. The molecule has 1 aliphatic heterocycles. The summed E-state index contributed by atoms with van der Waals surface area (Å²) in [5.41, 5.74) is 0.0680. The van der Waals surface area contributed by atoms with Crippen LogP contribution in [0.3, 0.4) is 0 Å². The fraction of sp³-hybridized carbons (Fsp3) is 0.533. The van der Waals surface area contributed by atoms with Crippen molar-refractivity contribution in [2.24, 2.45) is 5.92 Å². The fourth-order valence-corrected chi connectivity index (χ4v) is 3.33. The Morgan fingerprint density at radius 1 is 1.44 bits per heavy atom. The van der Waals surface area contributed by atoms with Gasteiger partial charge in [0.15, 0.2) is 5.78 Å². The summed E-state index contributed by atoms with van der Waals surface area (Å²) in [4.78, 5) is 12.2. The van der Waals surface area contributed by atoms with Crippen molar-refractivity contribution < 1.29 is 13.9 Å². The summed E-state index contributed by atoms with van der Waals surface area (Å²) in [6.45, 7) is 2.20. The van der Waals surface area contributed by atoms with Crippen molar-refractivity contribution in [1.82, 2.24) is 0 Å². The van der Waals surface area contributed by atoms with E-state index in [0.29, 0.717) is 23.7 Å². The van der Waals surface area contributed by atoms with Gasteiger partial charge in [0.2, 0.25) is 0 Å². The first-order valence-electron chi connectivity index (χ1n) is 6.60. The van der Waals surface area contributed by atoms with Gasteiger partial charge in [0.05, 0.1) is 12.0 Å². The van der Waals surface area contributed by atoms with E-state index in [4.69, 9.17) is 4.74 Å². The Hall–Kier alpha value is -1.38. The molecular formula is C15H17FO2. The normalized spacial score (nSPS) is 31.0. The summed E-state index contributed by atoms with van der Waals surface area (Å²) in [7, 11) is 0. The first kappa shape index (κ1) is 11.7. The van der Waals surface area contributed by atoms with Crippen LogP contribution in [0.15, 0.2) is 18.2 Å². The third kappa shape index (κ3) is 1.92. The molecule has 96 valence electrons. The van der Waals surface area contributed by atoms with Crippen LogP contribution >= 0.6 is 0 Å². The molecular weight excluding hydrogens is 231 g/mol. The molecule has 1 fully saturated rings. The average Bonchev–Trinajstić information content (AvgIpc) is 2.30. The molecule has 3 rings (SSSR count). The Labute approximate surface area is 106 Å². The summed E-state index contributed by atoms with van der Waals surface area (Å²) in [5, 5.41) is 0. The van der Waals surface area contributed by atoms with Crippen molar-refractivity contribution in [3.63, 3.8) is 0 Å². The maximum Gasteiger partial charge on any atom is 0.170 e. The van der Waals surface area contributed by atoms with Gasteiger partial charge in [-0.25, -0.2) is 4.39 Å². The van der Waals surface area contributed by atoms with Gasteiger partial charge in [-0.3, -0.25) is 4.79 Å². The van der Waals surface area contributed by atoms with E-state index in [0.717, 1.165) is 19.3 Å². The summed E-state index contributed by atoms with van der Waals surface area (Å²) in [6.07, 6.45) is 4.56. The van der Waals surface area contributed by atoms with Gasteiger partial charge in [-0.05, 0) is 43.4 Å². The lowest BCUT2D eigenvalue weighted by Crippen LogP contribution is -2.45. The predicted molar refractivity (Wildman–Crippen MR) is 66.3 cm³/mol. The third-order valence-corrected chi connectivity index (χ3v) is 4.10. The van der Waals surface area contributed by atoms with E-state index in [1.54, 1.807) is 6.07 Å². The maximum absolute atomic E-state index is 13.2. The minimum atomic E-state index is -0.376. The van der Waals surface area contributed by atoms with Gasteiger partial charge < -0.3 is 4.74 Å². The van der Waals surface area contributed by atoms with Crippen molar-refractivity contribution in [3.05, 3.63) is 29.6 Å². The standard InChI is InChI=1S/C15H17FO2/c1-10-3-2-6-15(8-10)9-13(17)12-7-11(16)4-5-14(12)18-15/h4-5,7,10H,2-3,6,8-9H2,1H3/t10-,15+/m1/s1. The van der Waals surface area contributed by atoms with Crippen molar-refractivity contribution >= 4 is 5.78 Å². The topological polar surface area (TPSA) is 26.3 Å². The van der Waals surface area contributed by atoms with Crippen LogP contribution in [0.5, 0.6) is 5.75 Å². The van der Waals surface area contributed by atoms with Crippen molar-refractivity contribution in [2.45, 2.75) is 44.6 Å². The highest BCUT2D eigenvalue weighted by atomic mass is 19.1. The molecule has 2 aliphatic rings. The quantitative estimate of drug-likeness (QED) is 0.699. The van der Waals surface area contributed by atoms with Crippen LogP contribution in [0, 0.1) is 11.7 Å². The van der Waals surface area contributed by atoms with Gasteiger partial charge in [-0.2, -0.15) is 0 Å². The minimum absolute atomic E-state index is 0.0184. The number of halogens is 1. The molecule has 1 saturated carbocycles. The van der Waals surface area contributed by atoms with Crippen LogP contribution in [0.4, 0.5) is 4.39 Å². The molecule has 0 aromatic heterocycles. The molecule has 1 spiro atoms. The lowest BCUT2D eigenvalue weighted by Gasteiger charge is -2.42. The van der Waals surface area contributed by atoms with Gasteiger partial charge in [-0.15, -0.1) is 0 Å². The van der Waals surface area contributed by atoms with E-state index < -0.39 is 0 Å². The second-order valence-corrected chi connectivity index (χ2v) is 5.73. The predicted octanol–water partition coefficient (Wildman–Crippen LogP) is 3.74. The molecule has 0 N–H and O–H groups in total. The van der Waals surface area contributed by atoms with Crippen LogP contribution in [0.1, 0.15) is 49.4 Å². The molecule has 0 saturated heterocycles. The van der Waals surface area contributed by atoms with Gasteiger partial charge in [0.25, 0.3) is 0 Å². The Balaban J connectivity index is 1.96. The highest BCUT2D eigenvalue weighted by Gasteiger charge is 2.43. The first-order chi connectivity index (χ1) is 8.58. The van der Waals surface area contributed by atoms with Crippen LogP contribution in [0.2, 0.25) is 0 Å². The molecule has 0 unspecified atom stereocenters. The molecule has 1 aliphatic carbocycles. The maximum atomic E-state index is 13.2. The first-order valence-corrected chi connectivity index (χ1v) is 6.60. The van der Waals surface area contributed by atoms with Crippen LogP contribution in [-0.4, -0.2) is 11.4 Å². The molecule has 2 nitrogen and oxygen atoms in total. The van der Waals surface area contributed by atoms with Crippen LogP contribution in [0.25, 0.3) is 0 Å². The zero-order valence-corrected chi connectivity index (χ0v) is 10.5. The second-order valence-electron chi connectivity index (χ2n) is 5.73. The Morgan fingerprint density at radius 3 is 3.06 bits per heavy atom. The number of fused-ring (bicyclic) bond motifs is 1. The van der Waals surface area contributed by atoms with E-state index in [2.05, 4.69) is 6.92 Å². The minimum Gasteiger partial charge on any atom is -0.486 e. The van der Waals surface area contributed by atoms with E-state index in [1.807, 2.05) is 0 Å². The van der Waals surface area contributed by atoms with Gasteiger partial charge in [-0.1, -0.05) is 13.3 Å². The largest absolute Gasteiger partial charge is 0.486 e. The molecule has 0 amide bonds. The lowest BCUT2D eigenvalue weighted by atomic mass is 9.74. The Bertz CT molecular complexity index is 497. The number of rotatable bonds is 0. The number of benzene rings is 1. The fourth-order valence-electron chi connectivity index (χ4n) is 3.33. The Kier molecular flexibility index (Phi) is 2.65. The average molecular weight is 248 g/mol. The molecule has 2 atom stereocenters. The van der Waals surface area contributed by atoms with Gasteiger partial charge in [0, 0.05) is 0 Å². The molecule has 1 heterocycles. The number of Topliss-reactive ketones (excluding diaryl/α,β-unsaturated/α-hetero) is 1. The summed E-state index contributed by atoms with van der Waals surface area (Å²) in [6, 6.07) is 4.23. The second kappa shape index (κ2) is 4.08.